The lowest BCUT2D eigenvalue weighted by molar-refractivity contribution is 0.0615. The Balaban J connectivity index is 2.04. The summed E-state index contributed by atoms with van der Waals surface area (Å²) >= 11 is 0. The predicted molar refractivity (Wildman–Crippen MR) is 79.1 cm³/mol. The molecule has 1 aromatic rings. The van der Waals surface area contributed by atoms with Crippen LogP contribution in [0.5, 0.6) is 5.75 Å². The van der Waals surface area contributed by atoms with Crippen LogP contribution in [0, 0.1) is 5.92 Å². The molecule has 0 aromatic heterocycles. The first kappa shape index (κ1) is 15.3. The van der Waals surface area contributed by atoms with E-state index in [0.717, 1.165) is 18.8 Å². The van der Waals surface area contributed by atoms with Gasteiger partial charge in [0.25, 0.3) is 0 Å². The summed E-state index contributed by atoms with van der Waals surface area (Å²) in [6, 6.07) is 6.63. The van der Waals surface area contributed by atoms with Crippen molar-refractivity contribution in [2.75, 3.05) is 26.9 Å². The van der Waals surface area contributed by atoms with Gasteiger partial charge in [-0.1, -0.05) is 26.0 Å². The van der Waals surface area contributed by atoms with Crippen LogP contribution in [-0.2, 0) is 11.2 Å². The number of hydrogen-bond donors (Lipinski definition) is 2. The van der Waals surface area contributed by atoms with Gasteiger partial charge in [0.05, 0.1) is 19.3 Å². The highest BCUT2D eigenvalue weighted by atomic mass is 16.5. The molecule has 1 aliphatic heterocycles. The quantitative estimate of drug-likeness (QED) is 0.800. The topological polar surface area (TPSA) is 50.7 Å². The van der Waals surface area contributed by atoms with Gasteiger partial charge in [-0.15, -0.1) is 0 Å². The van der Waals surface area contributed by atoms with Gasteiger partial charge < -0.3 is 19.9 Å². The van der Waals surface area contributed by atoms with Gasteiger partial charge in [0, 0.05) is 26.1 Å². The maximum Gasteiger partial charge on any atom is 0.122 e. The van der Waals surface area contributed by atoms with Gasteiger partial charge >= 0.3 is 0 Å². The molecular weight excluding hydrogens is 254 g/mol. The third-order valence-electron chi connectivity index (χ3n) is 3.67. The van der Waals surface area contributed by atoms with E-state index in [4.69, 9.17) is 9.47 Å². The van der Waals surface area contributed by atoms with Gasteiger partial charge in [-0.05, 0) is 23.1 Å². The monoisotopic (exact) mass is 279 g/mol. The van der Waals surface area contributed by atoms with Crippen molar-refractivity contribution in [3.63, 3.8) is 0 Å². The molecule has 0 amide bonds. The van der Waals surface area contributed by atoms with E-state index in [2.05, 4.69) is 37.4 Å². The van der Waals surface area contributed by atoms with Gasteiger partial charge in [-0.3, -0.25) is 0 Å². The van der Waals surface area contributed by atoms with E-state index in [1.807, 2.05) is 0 Å². The number of benzene rings is 1. The van der Waals surface area contributed by atoms with Crippen LogP contribution in [0.25, 0.3) is 0 Å². The van der Waals surface area contributed by atoms with Crippen LogP contribution in [0.15, 0.2) is 18.2 Å². The van der Waals surface area contributed by atoms with Gasteiger partial charge in [0.1, 0.15) is 5.75 Å². The molecule has 20 heavy (non-hydrogen) atoms. The lowest BCUT2D eigenvalue weighted by atomic mass is 9.94. The van der Waals surface area contributed by atoms with Gasteiger partial charge in [0.15, 0.2) is 0 Å². The fourth-order valence-electron chi connectivity index (χ4n) is 2.65. The summed E-state index contributed by atoms with van der Waals surface area (Å²) in [5.41, 5.74) is 2.54. The predicted octanol–water partition coefficient (Wildman–Crippen LogP) is 1.92. The number of methoxy groups -OCH3 is 1. The summed E-state index contributed by atoms with van der Waals surface area (Å²) in [5.74, 6) is 1.46. The highest BCUT2D eigenvalue weighted by Crippen LogP contribution is 2.30. The zero-order valence-electron chi connectivity index (χ0n) is 12.6. The molecule has 0 saturated heterocycles. The summed E-state index contributed by atoms with van der Waals surface area (Å²) in [5, 5.41) is 13.2. The Labute approximate surface area is 121 Å². The first-order chi connectivity index (χ1) is 9.61. The average molecular weight is 279 g/mol. The third kappa shape index (κ3) is 3.72. The smallest absolute Gasteiger partial charge is 0.122 e. The van der Waals surface area contributed by atoms with Crippen LogP contribution < -0.4 is 10.1 Å². The number of aliphatic hydroxyl groups is 1. The highest BCUT2D eigenvalue weighted by Gasteiger charge is 2.20. The van der Waals surface area contributed by atoms with Crippen LogP contribution in [0.3, 0.4) is 0 Å². The van der Waals surface area contributed by atoms with Crippen molar-refractivity contribution in [1.82, 2.24) is 5.32 Å². The Hall–Kier alpha value is -1.10. The molecule has 0 radical (unpaired) electrons. The summed E-state index contributed by atoms with van der Waals surface area (Å²) in [7, 11) is 1.60. The van der Waals surface area contributed by atoms with Crippen molar-refractivity contribution in [2.24, 2.45) is 5.92 Å². The maximum absolute atomic E-state index is 9.77. The molecule has 2 unspecified atom stereocenters. The molecule has 1 heterocycles. The summed E-state index contributed by atoms with van der Waals surface area (Å²) in [4.78, 5) is 0. The highest BCUT2D eigenvalue weighted by molar-refractivity contribution is 5.40. The number of aliphatic hydroxyl groups excluding tert-OH is 1. The molecule has 1 aromatic carbocycles. The minimum Gasteiger partial charge on any atom is -0.493 e. The van der Waals surface area contributed by atoms with E-state index in [1.54, 1.807) is 7.11 Å². The van der Waals surface area contributed by atoms with Gasteiger partial charge in [-0.25, -0.2) is 0 Å². The van der Waals surface area contributed by atoms with Crippen LogP contribution >= 0.6 is 0 Å². The van der Waals surface area contributed by atoms with E-state index in [1.165, 1.54) is 11.1 Å². The number of rotatable bonds is 7. The van der Waals surface area contributed by atoms with E-state index < -0.39 is 6.10 Å². The second-order valence-electron chi connectivity index (χ2n) is 5.70. The van der Waals surface area contributed by atoms with Crippen molar-refractivity contribution < 1.29 is 14.6 Å². The van der Waals surface area contributed by atoms with Crippen molar-refractivity contribution in [3.8, 4) is 5.75 Å². The second kappa shape index (κ2) is 7.07. The zero-order chi connectivity index (χ0) is 14.5. The van der Waals surface area contributed by atoms with Crippen LogP contribution in [-0.4, -0.2) is 38.1 Å². The first-order valence-electron chi connectivity index (χ1n) is 7.27. The van der Waals surface area contributed by atoms with E-state index in [0.29, 0.717) is 19.1 Å². The SMILES string of the molecule is COCC(O)CNC(c1ccc2c(c1)CCO2)C(C)C. The molecule has 0 saturated carbocycles. The lowest BCUT2D eigenvalue weighted by Crippen LogP contribution is -2.35. The Morgan fingerprint density at radius 2 is 2.20 bits per heavy atom. The van der Waals surface area contributed by atoms with Crippen molar-refractivity contribution in [1.29, 1.82) is 0 Å². The molecule has 2 rings (SSSR count). The zero-order valence-corrected chi connectivity index (χ0v) is 12.6. The molecule has 1 aliphatic rings. The lowest BCUT2D eigenvalue weighted by Gasteiger charge is -2.25. The third-order valence-corrected chi connectivity index (χ3v) is 3.67. The average Bonchev–Trinajstić information content (AvgIpc) is 2.86. The van der Waals surface area contributed by atoms with Crippen LogP contribution in [0.4, 0.5) is 0 Å². The molecule has 2 N–H and O–H groups in total. The molecule has 0 fully saturated rings. The normalized spacial score (nSPS) is 16.9. The second-order valence-corrected chi connectivity index (χ2v) is 5.70. The largest absolute Gasteiger partial charge is 0.493 e. The van der Waals surface area contributed by atoms with Crippen molar-refractivity contribution >= 4 is 0 Å². The van der Waals surface area contributed by atoms with E-state index >= 15 is 0 Å². The summed E-state index contributed by atoms with van der Waals surface area (Å²) < 4.78 is 10.5. The summed E-state index contributed by atoms with van der Waals surface area (Å²) in [6.45, 7) is 6.04. The molecule has 4 heteroatoms. The maximum atomic E-state index is 9.77. The van der Waals surface area contributed by atoms with E-state index in [9.17, 15) is 5.11 Å². The molecule has 0 aliphatic carbocycles. The minimum absolute atomic E-state index is 0.229. The van der Waals surface area contributed by atoms with Crippen LogP contribution in [0.1, 0.15) is 31.0 Å². The first-order valence-corrected chi connectivity index (χ1v) is 7.27. The van der Waals surface area contributed by atoms with E-state index in [-0.39, 0.29) is 6.04 Å². The Morgan fingerprint density at radius 3 is 2.90 bits per heavy atom. The fraction of sp³-hybridized carbons (Fsp3) is 0.625. The number of hydrogen-bond acceptors (Lipinski definition) is 4. The Kier molecular flexibility index (Phi) is 5.40. The number of nitrogens with one attached hydrogen (secondary N) is 1. The molecular formula is C16H25NO3. The summed E-state index contributed by atoms with van der Waals surface area (Å²) in [6.07, 6.45) is 0.513. The molecule has 112 valence electrons. The standard InChI is InChI=1S/C16H25NO3/c1-11(2)16(17-9-14(18)10-19-3)13-4-5-15-12(8-13)6-7-20-15/h4-5,8,11,14,16-18H,6-7,9-10H2,1-3H3. The fourth-order valence-corrected chi connectivity index (χ4v) is 2.65. The van der Waals surface area contributed by atoms with Gasteiger partial charge in [-0.2, -0.15) is 0 Å². The number of fused-ring (bicyclic) bond motifs is 1. The molecule has 0 spiro atoms. The Morgan fingerprint density at radius 1 is 1.40 bits per heavy atom. The van der Waals surface area contributed by atoms with Crippen LogP contribution in [0.2, 0.25) is 0 Å². The molecule has 0 bridgehead atoms. The minimum atomic E-state index is -0.473. The van der Waals surface area contributed by atoms with Crippen molar-refractivity contribution in [3.05, 3.63) is 29.3 Å². The molecule has 2 atom stereocenters. The molecule has 4 nitrogen and oxygen atoms in total. The van der Waals surface area contributed by atoms with Crippen molar-refractivity contribution in [2.45, 2.75) is 32.4 Å². The number of ether oxygens (including phenoxy) is 2. The van der Waals surface area contributed by atoms with Gasteiger partial charge in [0.2, 0.25) is 0 Å². The Bertz CT molecular complexity index is 434.